The standard InChI is InChI=1S/C23H21F2N3O4S2/c1-2-33(29,30)27-21-6-4-3-5-20(21)22-15-23(16-7-9-17(24)10-8-16)28(26-22)34(31,32)19-13-11-18(25)12-14-19/h3-14,23,27H,2,15H2,1H3. The number of benzene rings is 3. The summed E-state index contributed by atoms with van der Waals surface area (Å²) in [5.41, 5.74) is 1.51. The molecule has 0 saturated heterocycles. The van der Waals surface area contributed by atoms with Crippen LogP contribution in [0.4, 0.5) is 14.5 Å². The average Bonchev–Trinajstić information content (AvgIpc) is 3.26. The first-order chi connectivity index (χ1) is 16.1. The fraction of sp³-hybridized carbons (Fsp3) is 0.174. The lowest BCUT2D eigenvalue weighted by atomic mass is 9.98. The predicted octanol–water partition coefficient (Wildman–Crippen LogP) is 4.27. The SMILES string of the molecule is CCS(=O)(=O)Nc1ccccc1C1=NN(S(=O)(=O)c2ccc(F)cc2)C(c2ccc(F)cc2)C1. The summed E-state index contributed by atoms with van der Waals surface area (Å²) in [4.78, 5) is -0.161. The first-order valence-corrected chi connectivity index (χ1v) is 13.4. The van der Waals surface area contributed by atoms with E-state index in [-0.39, 0.29) is 22.8 Å². The van der Waals surface area contributed by atoms with Crippen LogP contribution in [0.2, 0.25) is 0 Å². The summed E-state index contributed by atoms with van der Waals surface area (Å²) >= 11 is 0. The normalized spacial score (nSPS) is 16.4. The van der Waals surface area contributed by atoms with Gasteiger partial charge in [-0.2, -0.15) is 17.9 Å². The molecule has 0 saturated carbocycles. The highest BCUT2D eigenvalue weighted by Crippen LogP contribution is 2.38. The Bertz CT molecular complexity index is 1440. The second-order valence-corrected chi connectivity index (χ2v) is 11.4. The lowest BCUT2D eigenvalue weighted by Gasteiger charge is -2.23. The van der Waals surface area contributed by atoms with Gasteiger partial charge in [-0.1, -0.05) is 30.3 Å². The maximum Gasteiger partial charge on any atom is 0.279 e. The molecule has 0 bridgehead atoms. The van der Waals surface area contributed by atoms with Crippen molar-refractivity contribution in [3.8, 4) is 0 Å². The maximum atomic E-state index is 13.5. The molecule has 0 amide bonds. The highest BCUT2D eigenvalue weighted by atomic mass is 32.2. The summed E-state index contributed by atoms with van der Waals surface area (Å²) in [6.07, 6.45) is 0.108. The number of sulfonamides is 2. The number of hydrazone groups is 1. The summed E-state index contributed by atoms with van der Waals surface area (Å²) in [7, 11) is -7.81. The van der Waals surface area contributed by atoms with Crippen molar-refractivity contribution in [1.82, 2.24) is 4.41 Å². The Morgan fingerprint density at radius 3 is 2.12 bits per heavy atom. The highest BCUT2D eigenvalue weighted by molar-refractivity contribution is 7.92. The van der Waals surface area contributed by atoms with Gasteiger partial charge in [-0.25, -0.2) is 17.2 Å². The van der Waals surface area contributed by atoms with Crippen LogP contribution in [-0.2, 0) is 20.0 Å². The van der Waals surface area contributed by atoms with Gasteiger partial charge in [0.25, 0.3) is 10.0 Å². The van der Waals surface area contributed by atoms with Gasteiger partial charge in [0.2, 0.25) is 10.0 Å². The number of hydrogen-bond acceptors (Lipinski definition) is 5. The van der Waals surface area contributed by atoms with Gasteiger partial charge in [0.15, 0.2) is 0 Å². The van der Waals surface area contributed by atoms with Gasteiger partial charge in [0.1, 0.15) is 11.6 Å². The van der Waals surface area contributed by atoms with Crippen molar-refractivity contribution < 1.29 is 25.6 Å². The van der Waals surface area contributed by atoms with E-state index in [1.165, 1.54) is 31.2 Å². The summed E-state index contributed by atoms with van der Waals surface area (Å²) in [6.45, 7) is 1.50. The van der Waals surface area contributed by atoms with Crippen LogP contribution in [0.25, 0.3) is 0 Å². The van der Waals surface area contributed by atoms with Crippen LogP contribution in [-0.4, -0.2) is 32.7 Å². The van der Waals surface area contributed by atoms with Crippen molar-refractivity contribution in [2.45, 2.75) is 24.3 Å². The van der Waals surface area contributed by atoms with Gasteiger partial charge >= 0.3 is 0 Å². The first kappa shape index (κ1) is 23.8. The van der Waals surface area contributed by atoms with Gasteiger partial charge in [0, 0.05) is 12.0 Å². The van der Waals surface area contributed by atoms with Gasteiger partial charge in [0.05, 0.1) is 28.1 Å². The minimum atomic E-state index is -4.21. The molecule has 4 rings (SSSR count). The minimum Gasteiger partial charge on any atom is -0.283 e. The van der Waals surface area contributed by atoms with Crippen LogP contribution in [0.15, 0.2) is 82.8 Å². The van der Waals surface area contributed by atoms with E-state index in [1.807, 2.05) is 0 Å². The molecule has 1 aliphatic rings. The zero-order valence-electron chi connectivity index (χ0n) is 18.0. The molecule has 1 N–H and O–H groups in total. The largest absolute Gasteiger partial charge is 0.283 e. The summed E-state index contributed by atoms with van der Waals surface area (Å²) < 4.78 is 81.6. The Hall–Kier alpha value is -3.31. The molecule has 11 heteroatoms. The maximum absolute atomic E-state index is 13.5. The van der Waals surface area contributed by atoms with Gasteiger partial charge in [-0.15, -0.1) is 0 Å². The molecule has 0 aliphatic carbocycles. The smallest absolute Gasteiger partial charge is 0.279 e. The van der Waals surface area contributed by atoms with E-state index in [0.29, 0.717) is 16.8 Å². The lowest BCUT2D eigenvalue weighted by Crippen LogP contribution is -2.27. The van der Waals surface area contributed by atoms with E-state index in [1.54, 1.807) is 24.3 Å². The molecule has 0 fully saturated rings. The number of hydrogen-bond donors (Lipinski definition) is 1. The Kier molecular flexibility index (Phi) is 6.41. The summed E-state index contributed by atoms with van der Waals surface area (Å²) in [5.74, 6) is -1.20. The number of para-hydroxylation sites is 1. The molecule has 178 valence electrons. The number of halogens is 2. The van der Waals surface area contributed by atoms with Crippen LogP contribution < -0.4 is 4.72 Å². The van der Waals surface area contributed by atoms with Crippen molar-refractivity contribution in [3.05, 3.63) is 95.6 Å². The number of anilines is 1. The Morgan fingerprint density at radius 1 is 0.912 bits per heavy atom. The van der Waals surface area contributed by atoms with E-state index in [0.717, 1.165) is 28.7 Å². The molecule has 0 spiro atoms. The topological polar surface area (TPSA) is 95.9 Å². The summed E-state index contributed by atoms with van der Waals surface area (Å²) in [5, 5.41) is 4.37. The summed E-state index contributed by atoms with van der Waals surface area (Å²) in [6, 6.07) is 15.5. The van der Waals surface area contributed by atoms with Crippen molar-refractivity contribution in [1.29, 1.82) is 0 Å². The van der Waals surface area contributed by atoms with Crippen LogP contribution in [0, 0.1) is 11.6 Å². The zero-order valence-corrected chi connectivity index (χ0v) is 19.7. The first-order valence-electron chi connectivity index (χ1n) is 10.3. The molecular weight excluding hydrogens is 484 g/mol. The molecule has 3 aromatic rings. The quantitative estimate of drug-likeness (QED) is 0.519. The van der Waals surface area contributed by atoms with Gasteiger partial charge in [-0.3, -0.25) is 4.72 Å². The third-order valence-electron chi connectivity index (χ3n) is 5.37. The Balaban J connectivity index is 1.82. The highest BCUT2D eigenvalue weighted by Gasteiger charge is 2.38. The van der Waals surface area contributed by atoms with E-state index in [2.05, 4.69) is 9.82 Å². The fourth-order valence-corrected chi connectivity index (χ4v) is 5.67. The number of nitrogens with zero attached hydrogens (tertiary/aromatic N) is 2. The molecule has 34 heavy (non-hydrogen) atoms. The van der Waals surface area contributed by atoms with Gasteiger partial charge in [-0.05, 0) is 55.0 Å². The van der Waals surface area contributed by atoms with Crippen LogP contribution >= 0.6 is 0 Å². The molecule has 0 aromatic heterocycles. The minimum absolute atomic E-state index is 0.108. The molecule has 0 radical (unpaired) electrons. The molecular formula is C23H21F2N3O4S2. The van der Waals surface area contributed by atoms with Gasteiger partial charge < -0.3 is 0 Å². The molecule has 1 heterocycles. The van der Waals surface area contributed by atoms with E-state index in [9.17, 15) is 25.6 Å². The Morgan fingerprint density at radius 2 is 1.50 bits per heavy atom. The number of nitrogens with one attached hydrogen (secondary N) is 1. The van der Waals surface area contributed by atoms with Crippen LogP contribution in [0.1, 0.15) is 30.5 Å². The third kappa shape index (κ3) is 4.80. The molecule has 1 atom stereocenters. The second kappa shape index (κ2) is 9.15. The second-order valence-electron chi connectivity index (χ2n) is 7.60. The molecule has 1 unspecified atom stereocenters. The monoisotopic (exact) mass is 505 g/mol. The van der Waals surface area contributed by atoms with Crippen LogP contribution in [0.3, 0.4) is 0 Å². The van der Waals surface area contributed by atoms with Crippen molar-refractivity contribution in [3.63, 3.8) is 0 Å². The number of rotatable bonds is 7. The van der Waals surface area contributed by atoms with Crippen molar-refractivity contribution in [2.75, 3.05) is 10.5 Å². The van der Waals surface area contributed by atoms with E-state index < -0.39 is 37.7 Å². The molecule has 1 aliphatic heterocycles. The van der Waals surface area contributed by atoms with E-state index in [4.69, 9.17) is 0 Å². The van der Waals surface area contributed by atoms with E-state index >= 15 is 0 Å². The lowest BCUT2D eigenvalue weighted by molar-refractivity contribution is 0.371. The van der Waals surface area contributed by atoms with Crippen molar-refractivity contribution >= 4 is 31.4 Å². The zero-order chi connectivity index (χ0) is 24.5. The van der Waals surface area contributed by atoms with Crippen molar-refractivity contribution in [2.24, 2.45) is 5.10 Å². The molecule has 7 nitrogen and oxygen atoms in total. The molecule has 3 aromatic carbocycles. The average molecular weight is 506 g/mol. The Labute approximate surface area is 196 Å². The third-order valence-corrected chi connectivity index (χ3v) is 8.36. The fourth-order valence-electron chi connectivity index (χ4n) is 3.58. The predicted molar refractivity (Wildman–Crippen MR) is 125 cm³/mol. The van der Waals surface area contributed by atoms with Crippen LogP contribution in [0.5, 0.6) is 0 Å².